The van der Waals surface area contributed by atoms with Crippen molar-refractivity contribution < 1.29 is 23.9 Å². The van der Waals surface area contributed by atoms with Crippen LogP contribution in [0.2, 0.25) is 5.02 Å². The van der Waals surface area contributed by atoms with Crippen LogP contribution < -0.4 is 0 Å². The SMILES string of the molecule is CCOC(=O)CCCCCCCCC(=O)OC1=C(C2CCC(c3ccc(Cl)cc3)CC2)Cc2ccccc2C1=O. The first kappa shape index (κ1) is 30.0. The number of benzene rings is 2. The van der Waals surface area contributed by atoms with Crippen molar-refractivity contribution in [1.29, 1.82) is 0 Å². The Morgan fingerprint density at radius 2 is 1.40 bits per heavy atom. The van der Waals surface area contributed by atoms with Gasteiger partial charge in [0.1, 0.15) is 0 Å². The molecule has 2 aliphatic carbocycles. The zero-order chi connectivity index (χ0) is 28.3. The van der Waals surface area contributed by atoms with Crippen molar-refractivity contribution >= 4 is 29.3 Å². The fourth-order valence-corrected chi connectivity index (χ4v) is 6.17. The first-order valence-corrected chi connectivity index (χ1v) is 15.3. The highest BCUT2D eigenvalue weighted by molar-refractivity contribution is 6.30. The van der Waals surface area contributed by atoms with Crippen molar-refractivity contribution in [1.82, 2.24) is 0 Å². The summed E-state index contributed by atoms with van der Waals surface area (Å²) in [7, 11) is 0. The van der Waals surface area contributed by atoms with Gasteiger partial charge in [-0.3, -0.25) is 14.4 Å². The summed E-state index contributed by atoms with van der Waals surface area (Å²) < 4.78 is 10.8. The van der Waals surface area contributed by atoms with Crippen molar-refractivity contribution in [3.05, 3.63) is 81.6 Å². The molecule has 0 aliphatic heterocycles. The van der Waals surface area contributed by atoms with Gasteiger partial charge in [0, 0.05) is 23.4 Å². The zero-order valence-corrected chi connectivity index (χ0v) is 24.3. The lowest BCUT2D eigenvalue weighted by Gasteiger charge is -2.33. The molecule has 2 aromatic carbocycles. The number of Topliss-reactive ketones (excluding diaryl/α,β-unsaturated/α-hetero) is 1. The maximum atomic E-state index is 13.5. The second-order valence-electron chi connectivity index (χ2n) is 11.0. The number of allylic oxidation sites excluding steroid dienone is 2. The van der Waals surface area contributed by atoms with Crippen LogP contribution in [0.3, 0.4) is 0 Å². The third-order valence-corrected chi connectivity index (χ3v) is 8.49. The van der Waals surface area contributed by atoms with E-state index < -0.39 is 0 Å². The Bertz CT molecular complexity index is 1190. The molecule has 0 bridgehead atoms. The summed E-state index contributed by atoms with van der Waals surface area (Å²) in [5.41, 5.74) is 3.97. The van der Waals surface area contributed by atoms with E-state index in [0.717, 1.165) is 80.4 Å². The van der Waals surface area contributed by atoms with Gasteiger partial charge >= 0.3 is 11.9 Å². The standard InChI is InChI=1S/C34H41ClO5/c1-2-39-31(36)13-7-5-3-4-6-8-14-32(37)40-34-30(23-27-11-9-10-12-29(27)33(34)38)26-17-15-24(16-18-26)25-19-21-28(35)22-20-25/h9-12,19-22,24,26H,2-8,13-18,23H2,1H3. The smallest absolute Gasteiger partial charge is 0.311 e. The molecule has 1 saturated carbocycles. The number of halogens is 1. The van der Waals surface area contributed by atoms with Gasteiger partial charge in [-0.15, -0.1) is 0 Å². The summed E-state index contributed by atoms with van der Waals surface area (Å²) in [6.45, 7) is 2.24. The van der Waals surface area contributed by atoms with E-state index in [2.05, 4.69) is 12.1 Å². The Morgan fingerprint density at radius 3 is 2.08 bits per heavy atom. The van der Waals surface area contributed by atoms with E-state index in [9.17, 15) is 14.4 Å². The van der Waals surface area contributed by atoms with Gasteiger partial charge in [0.15, 0.2) is 5.76 Å². The Hall–Kier alpha value is -2.92. The molecule has 0 N–H and O–H groups in total. The lowest BCUT2D eigenvalue weighted by Crippen LogP contribution is -2.26. The number of ether oxygens (including phenoxy) is 2. The van der Waals surface area contributed by atoms with Crippen LogP contribution in [0.1, 0.15) is 111 Å². The predicted molar refractivity (Wildman–Crippen MR) is 157 cm³/mol. The molecule has 214 valence electrons. The molecule has 0 radical (unpaired) electrons. The number of carbonyl (C=O) groups is 3. The molecular weight excluding hydrogens is 524 g/mol. The number of rotatable bonds is 13. The van der Waals surface area contributed by atoms with Crippen molar-refractivity contribution in [3.63, 3.8) is 0 Å². The summed E-state index contributed by atoms with van der Waals surface area (Å²) in [4.78, 5) is 37.8. The molecule has 0 spiro atoms. The van der Waals surface area contributed by atoms with E-state index in [4.69, 9.17) is 21.1 Å². The second-order valence-corrected chi connectivity index (χ2v) is 11.5. The largest absolute Gasteiger partial charge is 0.466 e. The molecular formula is C34H41ClO5. The van der Waals surface area contributed by atoms with Gasteiger partial charge in [0.05, 0.1) is 6.61 Å². The van der Waals surface area contributed by atoms with Gasteiger partial charge in [-0.05, 0) is 92.5 Å². The van der Waals surface area contributed by atoms with Gasteiger partial charge in [-0.25, -0.2) is 0 Å². The minimum Gasteiger partial charge on any atom is -0.466 e. The number of esters is 2. The van der Waals surface area contributed by atoms with Crippen LogP contribution in [0.4, 0.5) is 0 Å². The van der Waals surface area contributed by atoms with E-state index in [1.165, 1.54) is 5.56 Å². The Balaban J connectivity index is 1.31. The number of hydrogen-bond acceptors (Lipinski definition) is 5. The Kier molecular flexibility index (Phi) is 11.4. The van der Waals surface area contributed by atoms with E-state index in [-0.39, 0.29) is 29.4 Å². The van der Waals surface area contributed by atoms with Crippen LogP contribution in [-0.4, -0.2) is 24.3 Å². The highest BCUT2D eigenvalue weighted by atomic mass is 35.5. The topological polar surface area (TPSA) is 69.7 Å². The molecule has 2 aliphatic rings. The predicted octanol–water partition coefficient (Wildman–Crippen LogP) is 8.53. The first-order valence-electron chi connectivity index (χ1n) is 14.9. The minimum atomic E-state index is -0.322. The van der Waals surface area contributed by atoms with Crippen LogP contribution in [0.25, 0.3) is 0 Å². The fourth-order valence-electron chi connectivity index (χ4n) is 6.05. The number of carbonyl (C=O) groups excluding carboxylic acids is 3. The van der Waals surface area contributed by atoms with Crippen LogP contribution in [0, 0.1) is 5.92 Å². The zero-order valence-electron chi connectivity index (χ0n) is 23.6. The molecule has 0 heterocycles. The molecule has 5 nitrogen and oxygen atoms in total. The van der Waals surface area contributed by atoms with Crippen LogP contribution in [0.5, 0.6) is 0 Å². The first-order chi connectivity index (χ1) is 19.5. The van der Waals surface area contributed by atoms with Crippen LogP contribution in [-0.2, 0) is 25.5 Å². The minimum absolute atomic E-state index is 0.131. The molecule has 40 heavy (non-hydrogen) atoms. The van der Waals surface area contributed by atoms with Gasteiger partial charge in [0.2, 0.25) is 5.78 Å². The molecule has 4 rings (SSSR count). The summed E-state index contributed by atoms with van der Waals surface area (Å²) in [5.74, 6) is 0.380. The quantitative estimate of drug-likeness (QED) is 0.180. The normalized spacial score (nSPS) is 18.8. The molecule has 0 amide bonds. The molecule has 6 heteroatoms. The van der Waals surface area contributed by atoms with E-state index in [0.29, 0.717) is 37.4 Å². The van der Waals surface area contributed by atoms with Crippen molar-refractivity contribution in [2.75, 3.05) is 6.61 Å². The highest BCUT2D eigenvalue weighted by Crippen LogP contribution is 2.42. The van der Waals surface area contributed by atoms with E-state index >= 15 is 0 Å². The summed E-state index contributed by atoms with van der Waals surface area (Å²) in [5, 5.41) is 0.750. The van der Waals surface area contributed by atoms with Crippen molar-refractivity contribution in [2.45, 2.75) is 96.3 Å². The molecule has 2 aromatic rings. The van der Waals surface area contributed by atoms with E-state index in [1.807, 2.05) is 43.3 Å². The third-order valence-electron chi connectivity index (χ3n) is 8.24. The average molecular weight is 565 g/mol. The van der Waals surface area contributed by atoms with E-state index in [1.54, 1.807) is 0 Å². The van der Waals surface area contributed by atoms with Gasteiger partial charge in [-0.2, -0.15) is 0 Å². The summed E-state index contributed by atoms with van der Waals surface area (Å²) in [6, 6.07) is 15.8. The van der Waals surface area contributed by atoms with Gasteiger partial charge in [-0.1, -0.05) is 73.7 Å². The molecule has 0 unspecified atom stereocenters. The second kappa shape index (κ2) is 15.2. The molecule has 0 aromatic heterocycles. The lowest BCUT2D eigenvalue weighted by atomic mass is 9.72. The van der Waals surface area contributed by atoms with Crippen molar-refractivity contribution in [3.8, 4) is 0 Å². The Labute approximate surface area is 243 Å². The lowest BCUT2D eigenvalue weighted by molar-refractivity contribution is -0.143. The molecule has 0 atom stereocenters. The van der Waals surface area contributed by atoms with Crippen LogP contribution >= 0.6 is 11.6 Å². The number of hydrogen-bond donors (Lipinski definition) is 0. The number of unbranched alkanes of at least 4 members (excludes halogenated alkanes) is 5. The summed E-state index contributed by atoms with van der Waals surface area (Å²) in [6.07, 6.45) is 10.9. The maximum absolute atomic E-state index is 13.5. The van der Waals surface area contributed by atoms with Gasteiger partial charge < -0.3 is 9.47 Å². The average Bonchev–Trinajstić information content (AvgIpc) is 2.96. The Morgan fingerprint density at radius 1 is 0.800 bits per heavy atom. The monoisotopic (exact) mass is 564 g/mol. The molecule has 0 saturated heterocycles. The number of ketones is 1. The van der Waals surface area contributed by atoms with Crippen molar-refractivity contribution in [2.24, 2.45) is 5.92 Å². The summed E-state index contributed by atoms with van der Waals surface area (Å²) >= 11 is 6.08. The number of fused-ring (bicyclic) bond motifs is 1. The fraction of sp³-hybridized carbons (Fsp3) is 0.500. The van der Waals surface area contributed by atoms with Crippen LogP contribution in [0.15, 0.2) is 59.9 Å². The molecule has 1 fully saturated rings. The maximum Gasteiger partial charge on any atom is 0.311 e. The highest BCUT2D eigenvalue weighted by Gasteiger charge is 2.34. The van der Waals surface area contributed by atoms with Gasteiger partial charge in [0.25, 0.3) is 0 Å². The third kappa shape index (κ3) is 8.30.